The zero-order valence-corrected chi connectivity index (χ0v) is 11.8. The van der Waals surface area contributed by atoms with E-state index in [0.29, 0.717) is 5.82 Å². The number of benzene rings is 1. The number of anilines is 1. The first-order valence-electron chi connectivity index (χ1n) is 5.96. The van der Waals surface area contributed by atoms with Crippen molar-refractivity contribution in [3.63, 3.8) is 0 Å². The molecule has 0 N–H and O–H groups in total. The number of rotatable bonds is 5. The molecule has 0 fully saturated rings. The van der Waals surface area contributed by atoms with Crippen LogP contribution in [0.15, 0.2) is 45.1 Å². The van der Waals surface area contributed by atoms with E-state index in [2.05, 4.69) is 32.9 Å². The van der Waals surface area contributed by atoms with Gasteiger partial charge in [-0.25, -0.2) is 0 Å². The molecule has 19 heavy (non-hydrogen) atoms. The topological polar surface area (TPSA) is 54.0 Å². The van der Waals surface area contributed by atoms with Crippen LogP contribution < -0.4 is 4.90 Å². The van der Waals surface area contributed by atoms with Crippen molar-refractivity contribution in [2.75, 3.05) is 24.2 Å². The van der Waals surface area contributed by atoms with E-state index in [1.54, 1.807) is 6.07 Å². The lowest BCUT2D eigenvalue weighted by molar-refractivity contribution is 0.399. The van der Waals surface area contributed by atoms with Gasteiger partial charge in [0.2, 0.25) is 5.82 Å². The van der Waals surface area contributed by atoms with E-state index in [1.165, 1.54) is 0 Å². The molecule has 0 bridgehead atoms. The van der Waals surface area contributed by atoms with Crippen LogP contribution in [0, 0.1) is 6.92 Å². The van der Waals surface area contributed by atoms with Crippen LogP contribution in [-0.4, -0.2) is 24.5 Å². The van der Waals surface area contributed by atoms with Gasteiger partial charge in [0.15, 0.2) is 0 Å². The lowest BCUT2D eigenvalue weighted by atomic mass is 10.2. The number of aromatic nitrogens is 1. The van der Waals surface area contributed by atoms with Crippen molar-refractivity contribution in [1.82, 2.24) is 5.16 Å². The van der Waals surface area contributed by atoms with Gasteiger partial charge in [0.05, 0.1) is 5.69 Å². The molecule has 100 valence electrons. The molecular formula is C13H16N4OS. The van der Waals surface area contributed by atoms with Gasteiger partial charge in [0.1, 0.15) is 5.76 Å². The summed E-state index contributed by atoms with van der Waals surface area (Å²) in [6.45, 7) is 2.72. The molecule has 1 heterocycles. The number of hydrogen-bond donors (Lipinski definition) is 1. The van der Waals surface area contributed by atoms with Crippen LogP contribution in [0.2, 0.25) is 0 Å². The van der Waals surface area contributed by atoms with Crippen molar-refractivity contribution in [2.24, 2.45) is 10.2 Å². The van der Waals surface area contributed by atoms with E-state index in [1.807, 2.05) is 38.2 Å². The summed E-state index contributed by atoms with van der Waals surface area (Å²) in [5, 5.41) is 11.9. The zero-order valence-electron chi connectivity index (χ0n) is 10.9. The molecule has 0 amide bonds. The second-order valence-corrected chi connectivity index (χ2v) is 4.60. The summed E-state index contributed by atoms with van der Waals surface area (Å²) >= 11 is 4.22. The smallest absolute Gasteiger partial charge is 0.216 e. The van der Waals surface area contributed by atoms with Crippen molar-refractivity contribution in [3.8, 4) is 0 Å². The first kappa shape index (κ1) is 13.6. The highest BCUT2D eigenvalue weighted by Crippen LogP contribution is 2.21. The first-order valence-corrected chi connectivity index (χ1v) is 6.59. The SMILES string of the molecule is Cc1cc(N=Nc2ccc(N(C)CCS)cc2)no1. The van der Waals surface area contributed by atoms with Gasteiger partial charge in [-0.3, -0.25) is 0 Å². The van der Waals surface area contributed by atoms with Gasteiger partial charge in [-0.2, -0.15) is 12.6 Å². The third-order valence-corrected chi connectivity index (χ3v) is 2.81. The van der Waals surface area contributed by atoms with Crippen molar-refractivity contribution in [3.05, 3.63) is 36.1 Å². The Hall–Kier alpha value is -1.82. The van der Waals surface area contributed by atoms with Crippen LogP contribution in [0.25, 0.3) is 0 Å². The molecule has 2 aromatic rings. The molecular weight excluding hydrogens is 260 g/mol. The predicted octanol–water partition coefficient (Wildman–Crippen LogP) is 3.76. The van der Waals surface area contributed by atoms with Gasteiger partial charge in [-0.05, 0) is 31.2 Å². The summed E-state index contributed by atoms with van der Waals surface area (Å²) in [6.07, 6.45) is 0. The minimum absolute atomic E-state index is 0.480. The van der Waals surface area contributed by atoms with E-state index in [0.717, 1.165) is 29.4 Å². The van der Waals surface area contributed by atoms with Gasteiger partial charge in [-0.15, -0.1) is 10.2 Å². The van der Waals surface area contributed by atoms with E-state index in [-0.39, 0.29) is 0 Å². The van der Waals surface area contributed by atoms with Crippen LogP contribution in [-0.2, 0) is 0 Å². The average molecular weight is 276 g/mol. The highest BCUT2D eigenvalue weighted by molar-refractivity contribution is 7.80. The zero-order chi connectivity index (χ0) is 13.7. The molecule has 0 atom stereocenters. The number of aryl methyl sites for hydroxylation is 1. The fourth-order valence-electron chi connectivity index (χ4n) is 1.56. The van der Waals surface area contributed by atoms with Crippen LogP contribution in [0.1, 0.15) is 5.76 Å². The summed E-state index contributed by atoms with van der Waals surface area (Å²) in [5.41, 5.74) is 1.91. The molecule has 0 aliphatic carbocycles. The molecule has 5 nitrogen and oxygen atoms in total. The Morgan fingerprint density at radius 3 is 2.58 bits per heavy atom. The summed E-state index contributed by atoms with van der Waals surface area (Å²) in [5.74, 6) is 2.02. The quantitative estimate of drug-likeness (QED) is 0.668. The molecule has 0 radical (unpaired) electrons. The fraction of sp³-hybridized carbons (Fsp3) is 0.308. The maximum absolute atomic E-state index is 4.91. The van der Waals surface area contributed by atoms with E-state index < -0.39 is 0 Å². The normalized spacial score (nSPS) is 11.1. The summed E-state index contributed by atoms with van der Waals surface area (Å²) < 4.78 is 4.91. The Balaban J connectivity index is 2.04. The van der Waals surface area contributed by atoms with Gasteiger partial charge < -0.3 is 9.42 Å². The van der Waals surface area contributed by atoms with Crippen molar-refractivity contribution < 1.29 is 4.52 Å². The summed E-state index contributed by atoms with van der Waals surface area (Å²) in [6, 6.07) is 9.58. The molecule has 2 rings (SSSR count). The monoisotopic (exact) mass is 276 g/mol. The Labute approximate surface area is 117 Å². The lowest BCUT2D eigenvalue weighted by Crippen LogP contribution is -2.19. The number of azo groups is 1. The van der Waals surface area contributed by atoms with E-state index in [9.17, 15) is 0 Å². The molecule has 0 spiro atoms. The van der Waals surface area contributed by atoms with Crippen molar-refractivity contribution in [2.45, 2.75) is 6.92 Å². The Kier molecular flexibility index (Phi) is 4.57. The van der Waals surface area contributed by atoms with Crippen LogP contribution in [0.5, 0.6) is 0 Å². The lowest BCUT2D eigenvalue weighted by Gasteiger charge is -2.17. The van der Waals surface area contributed by atoms with Gasteiger partial charge in [0.25, 0.3) is 0 Å². The van der Waals surface area contributed by atoms with Crippen molar-refractivity contribution >= 4 is 29.8 Å². The largest absolute Gasteiger partial charge is 0.374 e. The molecule has 1 aromatic heterocycles. The molecule has 1 aromatic carbocycles. The molecule has 6 heteroatoms. The van der Waals surface area contributed by atoms with E-state index >= 15 is 0 Å². The average Bonchev–Trinajstić information content (AvgIpc) is 2.83. The minimum Gasteiger partial charge on any atom is -0.374 e. The maximum atomic E-state index is 4.91. The van der Waals surface area contributed by atoms with Gasteiger partial charge >= 0.3 is 0 Å². The van der Waals surface area contributed by atoms with Crippen molar-refractivity contribution in [1.29, 1.82) is 0 Å². The minimum atomic E-state index is 0.480. The number of nitrogens with zero attached hydrogens (tertiary/aromatic N) is 4. The van der Waals surface area contributed by atoms with Gasteiger partial charge in [0, 0.05) is 31.1 Å². The van der Waals surface area contributed by atoms with Gasteiger partial charge in [-0.1, -0.05) is 5.16 Å². The summed E-state index contributed by atoms with van der Waals surface area (Å²) in [4.78, 5) is 2.13. The number of thiol groups is 1. The van der Waals surface area contributed by atoms with Crippen LogP contribution >= 0.6 is 12.6 Å². The first-order chi connectivity index (χ1) is 9.19. The third-order valence-electron chi connectivity index (χ3n) is 2.61. The summed E-state index contributed by atoms with van der Waals surface area (Å²) in [7, 11) is 2.03. The highest BCUT2D eigenvalue weighted by atomic mass is 32.1. The standard InChI is InChI=1S/C13H16N4OS/c1-10-9-13(16-18-10)15-14-11-3-5-12(6-4-11)17(2)7-8-19/h3-6,9,19H,7-8H2,1-2H3. The maximum Gasteiger partial charge on any atom is 0.216 e. The molecule has 0 unspecified atom stereocenters. The molecule has 0 saturated carbocycles. The molecule has 0 saturated heterocycles. The molecule has 0 aliphatic heterocycles. The highest BCUT2D eigenvalue weighted by Gasteiger charge is 2.00. The predicted molar refractivity (Wildman–Crippen MR) is 79.0 cm³/mol. The Bertz CT molecular complexity index is 550. The third kappa shape index (κ3) is 3.82. The Morgan fingerprint density at radius 1 is 1.26 bits per heavy atom. The van der Waals surface area contributed by atoms with Crippen LogP contribution in [0.3, 0.4) is 0 Å². The molecule has 0 aliphatic rings. The second kappa shape index (κ2) is 6.38. The fourth-order valence-corrected chi connectivity index (χ4v) is 1.86. The van der Waals surface area contributed by atoms with E-state index in [4.69, 9.17) is 4.52 Å². The Morgan fingerprint density at radius 2 is 2.00 bits per heavy atom. The van der Waals surface area contributed by atoms with Crippen LogP contribution in [0.4, 0.5) is 17.2 Å². The number of hydrogen-bond acceptors (Lipinski definition) is 6. The second-order valence-electron chi connectivity index (χ2n) is 4.16.